The van der Waals surface area contributed by atoms with Crippen molar-refractivity contribution >= 4 is 17.7 Å². The first-order chi connectivity index (χ1) is 13.5. The molecule has 7 nitrogen and oxygen atoms in total. The molecule has 0 aromatic heterocycles. The van der Waals surface area contributed by atoms with Gasteiger partial charge in [-0.15, -0.1) is 0 Å². The molecule has 1 aromatic rings. The van der Waals surface area contributed by atoms with Crippen molar-refractivity contribution in [2.24, 2.45) is 5.73 Å². The van der Waals surface area contributed by atoms with Crippen LogP contribution in [0, 0.1) is 0 Å². The molecule has 1 atom stereocenters. The highest BCUT2D eigenvalue weighted by atomic mass is 16.2. The minimum atomic E-state index is -0.559. The van der Waals surface area contributed by atoms with Gasteiger partial charge in [-0.2, -0.15) is 0 Å². The molecule has 4 aliphatic rings. The van der Waals surface area contributed by atoms with E-state index in [0.717, 1.165) is 12.1 Å². The lowest BCUT2D eigenvalue weighted by Crippen LogP contribution is -2.52. The topological polar surface area (TPSA) is 95.7 Å². The Morgan fingerprint density at radius 2 is 1.93 bits per heavy atom. The molecule has 3 amide bonds. The standard InChI is InChI=1S/C21H26N4O3/c22-12-21-7-5-15(6-8-21)25(21)10-13-1-2-16-14(9-13)11-24(20(16)28)17-3-4-18(26)23-19(17)27/h1-2,9,15,17H,3-8,10-12,22H2,(H,23,26,27). The Morgan fingerprint density at radius 3 is 2.64 bits per heavy atom. The van der Waals surface area contributed by atoms with Gasteiger partial charge in [-0.25, -0.2) is 0 Å². The highest BCUT2D eigenvalue weighted by molar-refractivity contribution is 6.05. The van der Waals surface area contributed by atoms with Crippen LogP contribution in [0.2, 0.25) is 0 Å². The zero-order valence-corrected chi connectivity index (χ0v) is 15.9. The molecule has 5 rings (SSSR count). The number of nitrogens with two attached hydrogens (primary N) is 1. The average molecular weight is 382 g/mol. The number of benzene rings is 1. The fourth-order valence-electron chi connectivity index (χ4n) is 5.67. The number of hydrogen-bond donors (Lipinski definition) is 2. The second-order valence-corrected chi connectivity index (χ2v) is 8.68. The van der Waals surface area contributed by atoms with Gasteiger partial charge >= 0.3 is 0 Å². The molecule has 28 heavy (non-hydrogen) atoms. The second-order valence-electron chi connectivity index (χ2n) is 8.68. The maximum atomic E-state index is 12.8. The molecule has 2 bridgehead atoms. The van der Waals surface area contributed by atoms with Crippen molar-refractivity contribution in [2.45, 2.75) is 69.2 Å². The summed E-state index contributed by atoms with van der Waals surface area (Å²) in [5.74, 6) is -0.742. The van der Waals surface area contributed by atoms with Crippen LogP contribution in [0.3, 0.4) is 0 Å². The molecule has 0 spiro atoms. The van der Waals surface area contributed by atoms with E-state index in [-0.39, 0.29) is 29.7 Å². The number of nitrogens with zero attached hydrogens (tertiary/aromatic N) is 2. The van der Waals surface area contributed by atoms with Crippen molar-refractivity contribution in [1.82, 2.24) is 15.1 Å². The number of hydrogen-bond acceptors (Lipinski definition) is 5. The van der Waals surface area contributed by atoms with Crippen molar-refractivity contribution in [2.75, 3.05) is 6.54 Å². The van der Waals surface area contributed by atoms with E-state index in [9.17, 15) is 14.4 Å². The number of piperidine rings is 1. The van der Waals surface area contributed by atoms with Crippen LogP contribution in [-0.2, 0) is 22.7 Å². The molecule has 4 heterocycles. The Kier molecular flexibility index (Phi) is 4.07. The van der Waals surface area contributed by atoms with Crippen LogP contribution in [0.5, 0.6) is 0 Å². The minimum Gasteiger partial charge on any atom is -0.329 e. The predicted octanol–water partition coefficient (Wildman–Crippen LogP) is 0.903. The Balaban J connectivity index is 1.35. The molecule has 148 valence electrons. The van der Waals surface area contributed by atoms with Gasteiger partial charge in [-0.1, -0.05) is 12.1 Å². The third-order valence-corrected chi connectivity index (χ3v) is 7.26. The molecular formula is C21H26N4O3. The van der Waals surface area contributed by atoms with Crippen molar-refractivity contribution in [3.8, 4) is 0 Å². The third kappa shape index (κ3) is 2.60. The van der Waals surface area contributed by atoms with E-state index >= 15 is 0 Å². The van der Waals surface area contributed by atoms with Crippen LogP contribution in [0.15, 0.2) is 18.2 Å². The van der Waals surface area contributed by atoms with E-state index in [4.69, 9.17) is 5.73 Å². The number of imide groups is 1. The number of carbonyl (C=O) groups is 3. The van der Waals surface area contributed by atoms with Crippen molar-refractivity contribution in [3.63, 3.8) is 0 Å². The fourth-order valence-corrected chi connectivity index (χ4v) is 5.67. The summed E-state index contributed by atoms with van der Waals surface area (Å²) in [5, 5.41) is 2.35. The molecule has 0 radical (unpaired) electrons. The fraction of sp³-hybridized carbons (Fsp3) is 0.571. The van der Waals surface area contributed by atoms with Crippen LogP contribution in [-0.4, -0.2) is 51.7 Å². The van der Waals surface area contributed by atoms with Crippen LogP contribution in [0.1, 0.15) is 60.0 Å². The largest absolute Gasteiger partial charge is 0.329 e. The van der Waals surface area contributed by atoms with Gasteiger partial charge in [0.1, 0.15) is 6.04 Å². The predicted molar refractivity (Wildman–Crippen MR) is 102 cm³/mol. The minimum absolute atomic E-state index is 0.115. The Morgan fingerprint density at radius 1 is 1.14 bits per heavy atom. The zero-order valence-electron chi connectivity index (χ0n) is 15.9. The lowest BCUT2D eigenvalue weighted by molar-refractivity contribution is -0.136. The number of carbonyl (C=O) groups excluding carboxylic acids is 3. The highest BCUT2D eigenvalue weighted by Crippen LogP contribution is 2.46. The summed E-state index contributed by atoms with van der Waals surface area (Å²) in [7, 11) is 0. The van der Waals surface area contributed by atoms with Gasteiger partial charge < -0.3 is 10.6 Å². The van der Waals surface area contributed by atoms with Crippen LogP contribution in [0.4, 0.5) is 0 Å². The third-order valence-electron chi connectivity index (χ3n) is 7.26. The van der Waals surface area contributed by atoms with E-state index in [0.29, 0.717) is 31.1 Å². The van der Waals surface area contributed by atoms with E-state index < -0.39 is 6.04 Å². The number of fused-ring (bicyclic) bond motifs is 3. The van der Waals surface area contributed by atoms with Gasteiger partial charge in [0.2, 0.25) is 11.8 Å². The molecule has 3 fully saturated rings. The molecular weight excluding hydrogens is 356 g/mol. The molecule has 7 heteroatoms. The molecule has 3 N–H and O–H groups in total. The quantitative estimate of drug-likeness (QED) is 0.755. The van der Waals surface area contributed by atoms with Gasteiger partial charge in [-0.05, 0) is 49.3 Å². The summed E-state index contributed by atoms with van der Waals surface area (Å²) in [6.07, 6.45) is 5.49. The molecule has 4 aliphatic heterocycles. The van der Waals surface area contributed by atoms with Gasteiger partial charge in [0, 0.05) is 43.2 Å². The monoisotopic (exact) mass is 382 g/mol. The highest BCUT2D eigenvalue weighted by Gasteiger charge is 2.50. The van der Waals surface area contributed by atoms with Crippen LogP contribution >= 0.6 is 0 Å². The maximum absolute atomic E-state index is 12.8. The second kappa shape index (κ2) is 6.39. The summed E-state index contributed by atoms with van der Waals surface area (Å²) < 4.78 is 0. The van der Waals surface area contributed by atoms with Gasteiger partial charge in [-0.3, -0.25) is 24.6 Å². The Hall–Kier alpha value is -2.25. The molecule has 0 aliphatic carbocycles. The molecule has 3 saturated heterocycles. The van der Waals surface area contributed by atoms with Crippen LogP contribution < -0.4 is 11.1 Å². The average Bonchev–Trinajstić information content (AvgIpc) is 3.32. The molecule has 1 aromatic carbocycles. The van der Waals surface area contributed by atoms with E-state index in [2.05, 4.69) is 16.3 Å². The Bertz CT molecular complexity index is 859. The molecule has 0 saturated carbocycles. The Labute approximate surface area is 164 Å². The first-order valence-electron chi connectivity index (χ1n) is 10.2. The number of nitrogens with one attached hydrogen (secondary N) is 1. The zero-order chi connectivity index (χ0) is 19.5. The lowest BCUT2D eigenvalue weighted by atomic mass is 9.88. The smallest absolute Gasteiger partial charge is 0.255 e. The van der Waals surface area contributed by atoms with Crippen LogP contribution in [0.25, 0.3) is 0 Å². The van der Waals surface area contributed by atoms with Crippen molar-refractivity contribution in [1.29, 1.82) is 0 Å². The number of rotatable bonds is 4. The van der Waals surface area contributed by atoms with E-state index in [1.54, 1.807) is 4.90 Å². The van der Waals surface area contributed by atoms with E-state index in [1.807, 2.05) is 12.1 Å². The summed E-state index contributed by atoms with van der Waals surface area (Å²) in [6, 6.07) is 6.11. The lowest BCUT2D eigenvalue weighted by Gasteiger charge is -2.34. The van der Waals surface area contributed by atoms with Gasteiger partial charge in [0.15, 0.2) is 0 Å². The number of amides is 3. The van der Waals surface area contributed by atoms with E-state index in [1.165, 1.54) is 31.2 Å². The normalized spacial score (nSPS) is 32.2. The first-order valence-corrected chi connectivity index (χ1v) is 10.2. The summed E-state index contributed by atoms with van der Waals surface area (Å²) in [6.45, 7) is 2.00. The van der Waals surface area contributed by atoms with Crippen molar-refractivity contribution in [3.05, 3.63) is 34.9 Å². The van der Waals surface area contributed by atoms with Crippen molar-refractivity contribution < 1.29 is 14.4 Å². The van der Waals surface area contributed by atoms with Gasteiger partial charge in [0.25, 0.3) is 5.91 Å². The maximum Gasteiger partial charge on any atom is 0.255 e. The summed E-state index contributed by atoms with van der Waals surface area (Å²) in [4.78, 5) is 40.6. The first kappa shape index (κ1) is 17.8. The molecule has 1 unspecified atom stereocenters. The summed E-state index contributed by atoms with van der Waals surface area (Å²) in [5.41, 5.74) is 9.12. The van der Waals surface area contributed by atoms with Gasteiger partial charge in [0.05, 0.1) is 0 Å². The summed E-state index contributed by atoms with van der Waals surface area (Å²) >= 11 is 0. The SMILES string of the molecule is NCC12CCC(CC1)N2Cc1ccc2c(c1)CN(C1CCC(=O)NC1=O)C2=O.